The molecule has 1 aromatic rings. The van der Waals surface area contributed by atoms with Gasteiger partial charge < -0.3 is 19.5 Å². The summed E-state index contributed by atoms with van der Waals surface area (Å²) in [6.07, 6.45) is 4.18. The number of aromatic nitrogens is 2. The topological polar surface area (TPSA) is 51.5 Å². The van der Waals surface area contributed by atoms with Crippen LogP contribution in [0.5, 0.6) is 0 Å². The summed E-state index contributed by atoms with van der Waals surface area (Å²) >= 11 is 0. The molecule has 2 aliphatic heterocycles. The van der Waals surface area contributed by atoms with Crippen LogP contribution in [-0.4, -0.2) is 46.6 Å². The summed E-state index contributed by atoms with van der Waals surface area (Å²) in [7, 11) is 3.63. The van der Waals surface area contributed by atoms with Gasteiger partial charge in [0.25, 0.3) is 0 Å². The molecule has 0 aliphatic carbocycles. The zero-order chi connectivity index (χ0) is 17.7. The van der Waals surface area contributed by atoms with Crippen molar-refractivity contribution < 1.29 is 9.31 Å². The Morgan fingerprint density at radius 3 is 2.33 bits per heavy atom. The highest BCUT2D eigenvalue weighted by atomic mass is 16.7. The van der Waals surface area contributed by atoms with Gasteiger partial charge in [0.1, 0.15) is 0 Å². The van der Waals surface area contributed by atoms with Gasteiger partial charge in [-0.25, -0.2) is 0 Å². The highest BCUT2D eigenvalue weighted by Crippen LogP contribution is 2.39. The van der Waals surface area contributed by atoms with Gasteiger partial charge in [-0.15, -0.1) is 0 Å². The molecule has 1 aromatic heterocycles. The lowest BCUT2D eigenvalue weighted by molar-refractivity contribution is 0.00578. The van der Waals surface area contributed by atoms with Crippen LogP contribution in [0.1, 0.15) is 33.4 Å². The number of likely N-dealkylation sites (N-methyl/N-ethyl adjacent to an activating group) is 1. The van der Waals surface area contributed by atoms with Gasteiger partial charge in [0.15, 0.2) is 5.82 Å². The second kappa shape index (κ2) is 5.67. The zero-order valence-electron chi connectivity index (χ0n) is 15.7. The number of anilines is 1. The molecule has 0 atom stereocenters. The summed E-state index contributed by atoms with van der Waals surface area (Å²) in [6, 6.07) is 2.04. The Morgan fingerprint density at radius 2 is 1.79 bits per heavy atom. The smallest absolute Gasteiger partial charge is 0.399 e. The standard InChI is InChI=1S/C17H27BN4O2/c1-12-8-15(20-22(12)7)19-14-9-13(10-21(6)11-14)18-23-16(2,3)17(4,5)24-18/h8-10H,11H2,1-7H3,(H,19,20). The number of aryl methyl sites for hydroxylation is 2. The van der Waals surface area contributed by atoms with Crippen molar-refractivity contribution in [2.75, 3.05) is 18.9 Å². The Bertz CT molecular complexity index is 670. The van der Waals surface area contributed by atoms with Gasteiger partial charge in [-0.1, -0.05) is 0 Å². The summed E-state index contributed by atoms with van der Waals surface area (Å²) in [5.41, 5.74) is 2.52. The number of hydrogen-bond donors (Lipinski definition) is 1. The molecule has 1 fully saturated rings. The fraction of sp³-hybridized carbons (Fsp3) is 0.588. The Kier molecular flexibility index (Phi) is 4.04. The lowest BCUT2D eigenvalue weighted by atomic mass is 9.77. The van der Waals surface area contributed by atoms with Crippen LogP contribution in [0.3, 0.4) is 0 Å². The van der Waals surface area contributed by atoms with Crippen LogP contribution in [0.4, 0.5) is 5.82 Å². The molecule has 0 unspecified atom stereocenters. The van der Waals surface area contributed by atoms with Crippen LogP contribution >= 0.6 is 0 Å². The fourth-order valence-electron chi connectivity index (χ4n) is 2.82. The van der Waals surface area contributed by atoms with Crippen LogP contribution in [0.15, 0.2) is 29.5 Å². The molecule has 24 heavy (non-hydrogen) atoms. The highest BCUT2D eigenvalue weighted by molar-refractivity contribution is 6.55. The zero-order valence-corrected chi connectivity index (χ0v) is 15.7. The van der Waals surface area contributed by atoms with Crippen molar-refractivity contribution in [2.24, 2.45) is 7.05 Å². The third kappa shape index (κ3) is 3.10. The van der Waals surface area contributed by atoms with Crippen molar-refractivity contribution in [3.8, 4) is 0 Å². The van der Waals surface area contributed by atoms with Crippen LogP contribution in [0, 0.1) is 6.92 Å². The number of nitrogens with one attached hydrogen (secondary N) is 1. The van der Waals surface area contributed by atoms with Gasteiger partial charge in [-0.2, -0.15) is 5.10 Å². The minimum Gasteiger partial charge on any atom is -0.399 e. The molecule has 7 heteroatoms. The van der Waals surface area contributed by atoms with Crippen molar-refractivity contribution in [1.29, 1.82) is 0 Å². The van der Waals surface area contributed by atoms with E-state index in [-0.39, 0.29) is 18.3 Å². The van der Waals surface area contributed by atoms with E-state index >= 15 is 0 Å². The second-order valence-corrected chi connectivity index (χ2v) is 7.72. The van der Waals surface area contributed by atoms with Gasteiger partial charge in [0.05, 0.1) is 17.7 Å². The van der Waals surface area contributed by atoms with E-state index in [4.69, 9.17) is 9.31 Å². The van der Waals surface area contributed by atoms with Crippen molar-refractivity contribution >= 4 is 12.9 Å². The molecule has 0 spiro atoms. The molecule has 2 aliphatic rings. The predicted octanol–water partition coefficient (Wildman–Crippen LogP) is 2.49. The van der Waals surface area contributed by atoms with E-state index in [1.165, 1.54) is 0 Å². The van der Waals surface area contributed by atoms with Gasteiger partial charge in [0.2, 0.25) is 0 Å². The van der Waals surface area contributed by atoms with Crippen LogP contribution in [0.25, 0.3) is 0 Å². The average Bonchev–Trinajstić information content (AvgIpc) is 2.85. The molecule has 0 radical (unpaired) electrons. The van der Waals surface area contributed by atoms with Gasteiger partial charge >= 0.3 is 7.12 Å². The first kappa shape index (κ1) is 17.1. The Hall–Kier alpha value is -1.73. The Labute approximate surface area is 144 Å². The van der Waals surface area contributed by atoms with E-state index in [1.54, 1.807) is 0 Å². The second-order valence-electron chi connectivity index (χ2n) is 7.72. The Balaban J connectivity index is 1.80. The van der Waals surface area contributed by atoms with E-state index in [9.17, 15) is 0 Å². The molecule has 0 bridgehead atoms. The first-order chi connectivity index (χ1) is 11.1. The van der Waals surface area contributed by atoms with Gasteiger partial charge in [0, 0.05) is 37.0 Å². The minimum absolute atomic E-state index is 0.339. The summed E-state index contributed by atoms with van der Waals surface area (Å²) in [5.74, 6) is 0.852. The average molecular weight is 330 g/mol. The molecule has 1 saturated heterocycles. The van der Waals surface area contributed by atoms with E-state index in [2.05, 4.69) is 55.3 Å². The van der Waals surface area contributed by atoms with E-state index < -0.39 is 0 Å². The quantitative estimate of drug-likeness (QED) is 0.863. The minimum atomic E-state index is -0.361. The van der Waals surface area contributed by atoms with Crippen LogP contribution in [0.2, 0.25) is 0 Å². The van der Waals surface area contributed by atoms with Crippen LogP contribution < -0.4 is 5.32 Å². The molecule has 6 nitrogen and oxygen atoms in total. The van der Waals surface area contributed by atoms with E-state index in [0.29, 0.717) is 0 Å². The van der Waals surface area contributed by atoms with Crippen molar-refractivity contribution in [3.63, 3.8) is 0 Å². The third-order valence-electron chi connectivity index (χ3n) is 5.06. The molecular formula is C17H27BN4O2. The van der Waals surface area contributed by atoms with E-state index in [1.807, 2.05) is 31.8 Å². The summed E-state index contributed by atoms with van der Waals surface area (Å²) in [6.45, 7) is 11.1. The lowest BCUT2D eigenvalue weighted by Gasteiger charge is -2.32. The molecule has 0 aromatic carbocycles. The maximum Gasteiger partial charge on any atom is 0.496 e. The first-order valence-electron chi connectivity index (χ1n) is 8.33. The fourth-order valence-corrected chi connectivity index (χ4v) is 2.82. The SMILES string of the molecule is Cc1cc(NC2=CC(B3OC(C)(C)C(C)(C)O3)=CN(C)C2)nn1C. The van der Waals surface area contributed by atoms with Crippen molar-refractivity contribution in [1.82, 2.24) is 14.7 Å². The van der Waals surface area contributed by atoms with Crippen molar-refractivity contribution in [3.05, 3.63) is 35.2 Å². The summed E-state index contributed by atoms with van der Waals surface area (Å²) < 4.78 is 14.2. The number of hydrogen-bond acceptors (Lipinski definition) is 5. The molecule has 0 amide bonds. The molecule has 1 N–H and O–H groups in total. The maximum absolute atomic E-state index is 6.16. The maximum atomic E-state index is 6.16. The van der Waals surface area contributed by atoms with Crippen LogP contribution in [-0.2, 0) is 16.4 Å². The highest BCUT2D eigenvalue weighted by Gasteiger charge is 2.52. The molecular weight excluding hydrogens is 303 g/mol. The largest absolute Gasteiger partial charge is 0.496 e. The monoisotopic (exact) mass is 330 g/mol. The first-order valence-corrected chi connectivity index (χ1v) is 8.33. The molecule has 0 saturated carbocycles. The normalized spacial score (nSPS) is 22.5. The van der Waals surface area contributed by atoms with Gasteiger partial charge in [-0.05, 0) is 46.9 Å². The van der Waals surface area contributed by atoms with E-state index in [0.717, 1.165) is 29.2 Å². The number of allylic oxidation sites excluding steroid dienone is 2. The molecule has 130 valence electrons. The predicted molar refractivity (Wildman–Crippen MR) is 96.4 cm³/mol. The summed E-state index contributed by atoms with van der Waals surface area (Å²) in [5, 5.41) is 7.87. The summed E-state index contributed by atoms with van der Waals surface area (Å²) in [4.78, 5) is 2.12. The molecule has 3 rings (SSSR count). The third-order valence-corrected chi connectivity index (χ3v) is 5.06. The lowest BCUT2D eigenvalue weighted by Crippen LogP contribution is -2.41. The van der Waals surface area contributed by atoms with Gasteiger partial charge in [-0.3, -0.25) is 4.68 Å². The number of rotatable bonds is 3. The number of nitrogens with zero attached hydrogens (tertiary/aromatic N) is 3. The molecule has 3 heterocycles. The Morgan fingerprint density at radius 1 is 1.17 bits per heavy atom. The van der Waals surface area contributed by atoms with Crippen molar-refractivity contribution in [2.45, 2.75) is 45.8 Å².